The van der Waals surface area contributed by atoms with Crippen molar-refractivity contribution < 1.29 is 9.15 Å². The second-order valence-corrected chi connectivity index (χ2v) is 8.75. The van der Waals surface area contributed by atoms with Crippen molar-refractivity contribution in [3.63, 3.8) is 0 Å². The van der Waals surface area contributed by atoms with Gasteiger partial charge in [0.15, 0.2) is 0 Å². The van der Waals surface area contributed by atoms with Crippen LogP contribution in [0.2, 0.25) is 0 Å². The highest BCUT2D eigenvalue weighted by Crippen LogP contribution is 2.34. The number of rotatable bonds is 2. The van der Waals surface area contributed by atoms with Gasteiger partial charge in [0.05, 0.1) is 5.56 Å². The molecule has 0 fully saturated rings. The van der Waals surface area contributed by atoms with E-state index in [9.17, 15) is 15.3 Å². The third-order valence-corrected chi connectivity index (χ3v) is 5.20. The minimum Gasteiger partial charge on any atom is -0.461 e. The van der Waals surface area contributed by atoms with Gasteiger partial charge in [0, 0.05) is 21.9 Å². The van der Waals surface area contributed by atoms with E-state index in [1.165, 1.54) is 0 Å². The Kier molecular flexibility index (Phi) is 5.92. The molecule has 0 bridgehead atoms. The highest BCUT2D eigenvalue weighted by Gasteiger charge is 2.24. The number of hydrogen-bond donors (Lipinski definition) is 0. The zero-order valence-corrected chi connectivity index (χ0v) is 19.0. The molecule has 2 heterocycles. The van der Waals surface area contributed by atoms with Gasteiger partial charge >= 0.3 is 5.63 Å². The first-order valence-electron chi connectivity index (χ1n) is 10.6. The van der Waals surface area contributed by atoms with Gasteiger partial charge in [0.1, 0.15) is 34.8 Å². The number of nitrogens with zero attached hydrogens (tertiary/aromatic N) is 2. The standard InChI is InChI=1S/C29H20N2O3/c1-29(2,3)27-16-22(24(17-30)18-31)14-25(33-27)11-10-21-13-23-12-19-8-6-4-5-7-9-20(19)15-26(23)34-28(21)32/h4-6,8,10-16H,1-3H3/b5-4-,6-4?,8-6-,11-10+,19-8?. The van der Waals surface area contributed by atoms with E-state index in [0.717, 1.165) is 16.5 Å². The van der Waals surface area contributed by atoms with Crippen molar-refractivity contribution in [3.8, 4) is 24.0 Å². The van der Waals surface area contributed by atoms with Crippen LogP contribution in [-0.2, 0) is 4.74 Å². The average Bonchev–Trinajstić information content (AvgIpc) is 2.78. The first-order chi connectivity index (χ1) is 16.3. The summed E-state index contributed by atoms with van der Waals surface area (Å²) in [4.78, 5) is 12.6. The third kappa shape index (κ3) is 4.68. The maximum absolute atomic E-state index is 12.6. The van der Waals surface area contributed by atoms with Crippen molar-refractivity contribution >= 4 is 23.1 Å². The molecule has 2 aliphatic rings. The number of ether oxygens (including phenoxy) is 1. The average molecular weight is 444 g/mol. The lowest BCUT2D eigenvalue weighted by atomic mass is 9.90. The van der Waals surface area contributed by atoms with E-state index in [0.29, 0.717) is 28.2 Å². The van der Waals surface area contributed by atoms with Crippen LogP contribution in [0.1, 0.15) is 37.5 Å². The van der Waals surface area contributed by atoms with E-state index in [-0.39, 0.29) is 11.0 Å². The monoisotopic (exact) mass is 444 g/mol. The van der Waals surface area contributed by atoms with Crippen LogP contribution in [0, 0.1) is 39.9 Å². The molecule has 0 unspecified atom stereocenters. The van der Waals surface area contributed by atoms with Gasteiger partial charge < -0.3 is 9.15 Å². The minimum atomic E-state index is -0.494. The number of allylic oxidation sites excluding steroid dienone is 9. The molecular weight excluding hydrogens is 424 g/mol. The number of fused-ring (bicyclic) bond motifs is 2. The van der Waals surface area contributed by atoms with Crippen LogP contribution in [0.3, 0.4) is 0 Å². The molecule has 0 radical (unpaired) electrons. The molecule has 0 saturated heterocycles. The molecule has 2 aromatic rings. The second kappa shape index (κ2) is 8.99. The summed E-state index contributed by atoms with van der Waals surface area (Å²) < 4.78 is 11.5. The Morgan fingerprint density at radius 1 is 1.06 bits per heavy atom. The summed E-state index contributed by atoms with van der Waals surface area (Å²) in [6, 6.07) is 9.28. The molecule has 5 heteroatoms. The molecule has 1 aliphatic heterocycles. The van der Waals surface area contributed by atoms with Gasteiger partial charge in [0.25, 0.3) is 0 Å². The Morgan fingerprint density at radius 2 is 1.85 bits per heavy atom. The largest absolute Gasteiger partial charge is 0.461 e. The summed E-state index contributed by atoms with van der Waals surface area (Å²) >= 11 is 0. The normalized spacial score (nSPS) is 16.4. The SMILES string of the molecule is CC(C)(C)C1=CC(=C(C#N)C#N)C=C(/C=C/c2cc3cc4c(cc3oc2=O)C#C/C=C\C=C/4)O1. The van der Waals surface area contributed by atoms with Gasteiger partial charge in [0.2, 0.25) is 0 Å². The fourth-order valence-electron chi connectivity index (χ4n) is 3.39. The van der Waals surface area contributed by atoms with E-state index in [1.807, 2.05) is 57.2 Å². The van der Waals surface area contributed by atoms with Gasteiger partial charge in [-0.1, -0.05) is 50.8 Å². The van der Waals surface area contributed by atoms with E-state index in [2.05, 4.69) is 11.8 Å². The zero-order valence-electron chi connectivity index (χ0n) is 19.0. The van der Waals surface area contributed by atoms with Crippen molar-refractivity contribution in [2.75, 3.05) is 0 Å². The smallest absolute Gasteiger partial charge is 0.343 e. The molecule has 0 N–H and O–H groups in total. The fraction of sp³-hybridized carbons (Fsp3) is 0.138. The van der Waals surface area contributed by atoms with Crippen LogP contribution in [0.25, 0.3) is 23.1 Å². The summed E-state index contributed by atoms with van der Waals surface area (Å²) in [6.45, 7) is 5.91. The summed E-state index contributed by atoms with van der Waals surface area (Å²) in [5.74, 6) is 7.02. The van der Waals surface area contributed by atoms with Crippen LogP contribution in [0.5, 0.6) is 0 Å². The fourth-order valence-corrected chi connectivity index (χ4v) is 3.39. The van der Waals surface area contributed by atoms with Gasteiger partial charge in [-0.25, -0.2) is 4.79 Å². The molecule has 0 atom stereocenters. The molecule has 0 spiro atoms. The van der Waals surface area contributed by atoms with Crippen LogP contribution in [-0.4, -0.2) is 0 Å². The van der Waals surface area contributed by atoms with Crippen molar-refractivity contribution in [2.24, 2.45) is 5.41 Å². The van der Waals surface area contributed by atoms with E-state index in [1.54, 1.807) is 42.5 Å². The van der Waals surface area contributed by atoms with Crippen LogP contribution in [0.4, 0.5) is 0 Å². The van der Waals surface area contributed by atoms with Crippen LogP contribution < -0.4 is 5.63 Å². The predicted octanol–water partition coefficient (Wildman–Crippen LogP) is 5.93. The molecule has 0 saturated carbocycles. The third-order valence-electron chi connectivity index (χ3n) is 5.20. The Bertz CT molecular complexity index is 1570. The molecule has 4 rings (SSSR count). The zero-order chi connectivity index (χ0) is 24.3. The second-order valence-electron chi connectivity index (χ2n) is 8.75. The maximum atomic E-state index is 12.6. The van der Waals surface area contributed by atoms with Crippen molar-refractivity contribution in [3.05, 3.63) is 104 Å². The molecule has 0 amide bonds. The van der Waals surface area contributed by atoms with Crippen molar-refractivity contribution in [1.82, 2.24) is 0 Å². The lowest BCUT2D eigenvalue weighted by molar-refractivity contribution is 0.223. The number of benzene rings is 1. The van der Waals surface area contributed by atoms with Crippen molar-refractivity contribution in [1.29, 1.82) is 10.5 Å². The molecule has 1 aromatic heterocycles. The molecular formula is C29H20N2O3. The summed E-state index contributed by atoms with van der Waals surface area (Å²) in [6.07, 6.45) is 14.0. The Morgan fingerprint density at radius 3 is 2.59 bits per heavy atom. The van der Waals surface area contributed by atoms with Crippen molar-refractivity contribution in [2.45, 2.75) is 20.8 Å². The Hall–Kier alpha value is -4.79. The first kappa shape index (κ1) is 22.4. The quantitative estimate of drug-likeness (QED) is 0.326. The number of nitriles is 2. The number of hydrogen-bond acceptors (Lipinski definition) is 5. The van der Waals surface area contributed by atoms with Gasteiger partial charge in [-0.3, -0.25) is 0 Å². The molecule has 164 valence electrons. The lowest BCUT2D eigenvalue weighted by Gasteiger charge is -2.26. The van der Waals surface area contributed by atoms with Gasteiger partial charge in [-0.15, -0.1) is 0 Å². The molecule has 1 aliphatic carbocycles. The maximum Gasteiger partial charge on any atom is 0.343 e. The Labute approximate surface area is 197 Å². The van der Waals surface area contributed by atoms with E-state index >= 15 is 0 Å². The van der Waals surface area contributed by atoms with Gasteiger partial charge in [-0.2, -0.15) is 10.5 Å². The predicted molar refractivity (Wildman–Crippen MR) is 132 cm³/mol. The minimum absolute atomic E-state index is 0.0105. The van der Waals surface area contributed by atoms with E-state index in [4.69, 9.17) is 9.15 Å². The van der Waals surface area contributed by atoms with Gasteiger partial charge in [-0.05, 0) is 54.1 Å². The first-order valence-corrected chi connectivity index (χ1v) is 10.6. The Balaban J connectivity index is 1.75. The molecule has 5 nitrogen and oxygen atoms in total. The highest BCUT2D eigenvalue weighted by atomic mass is 16.5. The van der Waals surface area contributed by atoms with Crippen LogP contribution in [0.15, 0.2) is 86.5 Å². The highest BCUT2D eigenvalue weighted by molar-refractivity contribution is 5.84. The summed E-state index contributed by atoms with van der Waals surface area (Å²) in [5.41, 5.74) is 2.13. The van der Waals surface area contributed by atoms with Crippen LogP contribution >= 0.6 is 0 Å². The topological polar surface area (TPSA) is 87.0 Å². The summed E-state index contributed by atoms with van der Waals surface area (Å²) in [5, 5.41) is 19.4. The lowest BCUT2D eigenvalue weighted by Crippen LogP contribution is -2.15. The molecule has 34 heavy (non-hydrogen) atoms. The summed E-state index contributed by atoms with van der Waals surface area (Å²) in [7, 11) is 0. The molecule has 1 aromatic carbocycles. The van der Waals surface area contributed by atoms with E-state index < -0.39 is 5.63 Å².